The van der Waals surface area contributed by atoms with Crippen molar-refractivity contribution in [3.8, 4) is 5.75 Å². The number of ether oxygens (including phenoxy) is 1. The Morgan fingerprint density at radius 1 is 1.39 bits per heavy atom. The summed E-state index contributed by atoms with van der Waals surface area (Å²) >= 11 is 0. The van der Waals surface area contributed by atoms with Crippen LogP contribution in [-0.2, 0) is 4.79 Å². The Morgan fingerprint density at radius 3 is 2.61 bits per heavy atom. The van der Waals surface area contributed by atoms with Crippen molar-refractivity contribution in [3.63, 3.8) is 0 Å². The molecule has 0 aliphatic heterocycles. The lowest BCUT2D eigenvalue weighted by atomic mass is 10.1. The molecule has 0 aliphatic rings. The molecule has 18 heavy (non-hydrogen) atoms. The van der Waals surface area contributed by atoms with Crippen LogP contribution in [0.4, 0.5) is 5.69 Å². The number of para-hydroxylation sites is 1. The van der Waals surface area contributed by atoms with E-state index in [1.54, 1.807) is 6.92 Å². The molecular weight excluding hydrogens is 250 g/mol. The molecule has 1 amide bonds. The number of unbranched alkanes of at least 4 members (excludes halogenated alkanes) is 1. The van der Waals surface area contributed by atoms with Crippen LogP contribution in [-0.4, -0.2) is 19.6 Å². The Morgan fingerprint density at radius 2 is 2.06 bits per heavy atom. The average molecular weight is 272 g/mol. The molecule has 0 aliphatic carbocycles. The van der Waals surface area contributed by atoms with E-state index >= 15 is 0 Å². The molecule has 0 aromatic heterocycles. The van der Waals surface area contributed by atoms with E-state index in [1.807, 2.05) is 32.2 Å². The van der Waals surface area contributed by atoms with Gasteiger partial charge < -0.3 is 17.1 Å². The van der Waals surface area contributed by atoms with Gasteiger partial charge in [0.05, 0.1) is 20.6 Å². The van der Waals surface area contributed by atoms with Gasteiger partial charge in [0.15, 0.2) is 11.4 Å². The second-order valence-electron chi connectivity index (χ2n) is 4.33. The maximum atomic E-state index is 11.5. The number of halogens is 1. The van der Waals surface area contributed by atoms with Crippen molar-refractivity contribution in [2.75, 3.05) is 13.7 Å². The van der Waals surface area contributed by atoms with Gasteiger partial charge in [-0.3, -0.25) is 0 Å². The molecule has 1 aromatic rings. The molecular formula is C14H22ClNO2. The molecule has 0 spiro atoms. The summed E-state index contributed by atoms with van der Waals surface area (Å²) in [4.78, 5) is 12.3. The summed E-state index contributed by atoms with van der Waals surface area (Å²) in [6.07, 6.45) is 2.14. The van der Waals surface area contributed by atoms with Crippen molar-refractivity contribution in [1.29, 1.82) is 0 Å². The highest BCUT2D eigenvalue weighted by Gasteiger charge is 2.20. The monoisotopic (exact) mass is 271 g/mol. The first-order valence-electron chi connectivity index (χ1n) is 6.15. The highest BCUT2D eigenvalue weighted by Crippen LogP contribution is 2.24. The van der Waals surface area contributed by atoms with Crippen molar-refractivity contribution in [2.24, 2.45) is 0 Å². The Labute approximate surface area is 116 Å². The number of carbonyl (C=O) groups is 1. The summed E-state index contributed by atoms with van der Waals surface area (Å²) in [5.74, 6) is 0.922. The zero-order valence-electron chi connectivity index (χ0n) is 11.5. The largest absolute Gasteiger partial charge is 1.00 e. The van der Waals surface area contributed by atoms with Gasteiger partial charge in [0.25, 0.3) is 0 Å². The third-order valence-electron chi connectivity index (χ3n) is 2.89. The number of hydrogen-bond acceptors (Lipinski definition) is 2. The van der Waals surface area contributed by atoms with E-state index in [1.165, 1.54) is 0 Å². The van der Waals surface area contributed by atoms with Gasteiger partial charge in [0.2, 0.25) is 0 Å². The maximum Gasteiger partial charge on any atom is 0.313 e. The number of rotatable bonds is 5. The molecule has 1 aromatic carbocycles. The highest BCUT2D eigenvalue weighted by molar-refractivity contribution is 5.68. The molecule has 0 heterocycles. The van der Waals surface area contributed by atoms with Crippen molar-refractivity contribution >= 4 is 11.6 Å². The fraction of sp³-hybridized carbons (Fsp3) is 0.500. The summed E-state index contributed by atoms with van der Waals surface area (Å²) < 4.78 is 5.76. The minimum Gasteiger partial charge on any atom is -1.00 e. The molecule has 1 rings (SSSR count). The second-order valence-corrected chi connectivity index (χ2v) is 4.33. The lowest BCUT2D eigenvalue weighted by Gasteiger charge is -2.16. The number of nitrogens with one attached hydrogen (secondary N) is 1. The quantitative estimate of drug-likeness (QED) is 0.688. The average Bonchev–Trinajstić information content (AvgIpc) is 2.28. The lowest BCUT2D eigenvalue weighted by Crippen LogP contribution is -3.06. The fourth-order valence-electron chi connectivity index (χ4n) is 1.74. The van der Waals surface area contributed by atoms with E-state index in [4.69, 9.17) is 4.74 Å². The van der Waals surface area contributed by atoms with Crippen LogP contribution in [0, 0.1) is 6.92 Å². The summed E-state index contributed by atoms with van der Waals surface area (Å²) in [5.41, 5.74) is 2.04. The first-order chi connectivity index (χ1) is 8.07. The predicted molar refractivity (Wildman–Crippen MR) is 68.8 cm³/mol. The van der Waals surface area contributed by atoms with Crippen LogP contribution in [0.25, 0.3) is 0 Å². The normalized spacial score (nSPS) is 11.6. The van der Waals surface area contributed by atoms with Crippen LogP contribution in [0.5, 0.6) is 5.75 Å². The Kier molecular flexibility index (Phi) is 7.64. The SMILES string of the molecule is CCCCOc1cccc(C)c1[NH+](C)C(C)=O.[Cl-]. The molecule has 0 fully saturated rings. The van der Waals surface area contributed by atoms with Crippen LogP contribution < -0.4 is 22.0 Å². The standard InChI is InChI=1S/C14H21NO2.ClH/c1-5-6-10-17-13-9-7-8-11(2)14(13)15(4)12(3)16;/h7-9H,5-6,10H2,1-4H3;1H. The number of quaternary nitrogens is 1. The van der Waals surface area contributed by atoms with E-state index in [-0.39, 0.29) is 18.3 Å². The first kappa shape index (κ1) is 16.9. The van der Waals surface area contributed by atoms with Gasteiger partial charge >= 0.3 is 5.91 Å². The molecule has 0 saturated heterocycles. The summed E-state index contributed by atoms with van der Waals surface area (Å²) in [7, 11) is 1.86. The van der Waals surface area contributed by atoms with Crippen LogP contribution >= 0.6 is 0 Å². The van der Waals surface area contributed by atoms with E-state index in [0.717, 1.165) is 34.7 Å². The zero-order chi connectivity index (χ0) is 12.8. The van der Waals surface area contributed by atoms with Crippen LogP contribution in [0.15, 0.2) is 18.2 Å². The lowest BCUT2D eigenvalue weighted by molar-refractivity contribution is -0.724. The smallest absolute Gasteiger partial charge is 0.313 e. The van der Waals surface area contributed by atoms with Crippen molar-refractivity contribution in [1.82, 2.24) is 0 Å². The van der Waals surface area contributed by atoms with Crippen LogP contribution in [0.3, 0.4) is 0 Å². The number of benzene rings is 1. The number of hydrogen-bond donors (Lipinski definition) is 1. The van der Waals surface area contributed by atoms with Gasteiger partial charge in [0, 0.05) is 5.56 Å². The molecule has 1 atom stereocenters. The Bertz CT molecular complexity index is 393. The summed E-state index contributed by atoms with van der Waals surface area (Å²) in [5, 5.41) is 0. The van der Waals surface area contributed by atoms with Crippen LogP contribution in [0.2, 0.25) is 0 Å². The third kappa shape index (κ3) is 4.31. The number of amides is 1. The van der Waals surface area contributed by atoms with Gasteiger partial charge in [0.1, 0.15) is 0 Å². The predicted octanol–water partition coefficient (Wildman–Crippen LogP) is -1.13. The molecule has 3 nitrogen and oxygen atoms in total. The molecule has 0 saturated carbocycles. The van der Waals surface area contributed by atoms with E-state index in [9.17, 15) is 4.79 Å². The highest BCUT2D eigenvalue weighted by atomic mass is 35.5. The molecule has 1 unspecified atom stereocenters. The van der Waals surface area contributed by atoms with Gasteiger partial charge in [-0.15, -0.1) is 0 Å². The van der Waals surface area contributed by atoms with Gasteiger partial charge in [-0.1, -0.05) is 25.5 Å². The van der Waals surface area contributed by atoms with E-state index in [2.05, 4.69) is 6.92 Å². The minimum atomic E-state index is 0. The fourth-order valence-corrected chi connectivity index (χ4v) is 1.74. The zero-order valence-corrected chi connectivity index (χ0v) is 12.3. The number of carbonyl (C=O) groups excluding carboxylic acids is 1. The van der Waals surface area contributed by atoms with Gasteiger partial charge in [-0.25, -0.2) is 9.69 Å². The van der Waals surface area contributed by atoms with E-state index in [0.29, 0.717) is 6.61 Å². The van der Waals surface area contributed by atoms with Crippen LogP contribution in [0.1, 0.15) is 32.3 Å². The maximum absolute atomic E-state index is 11.5. The third-order valence-corrected chi connectivity index (χ3v) is 2.89. The first-order valence-corrected chi connectivity index (χ1v) is 6.15. The summed E-state index contributed by atoms with van der Waals surface area (Å²) in [6.45, 7) is 6.44. The van der Waals surface area contributed by atoms with Crippen molar-refractivity contribution in [3.05, 3.63) is 23.8 Å². The van der Waals surface area contributed by atoms with Crippen molar-refractivity contribution in [2.45, 2.75) is 33.6 Å². The minimum absolute atomic E-state index is 0. The van der Waals surface area contributed by atoms with Gasteiger partial charge in [-0.2, -0.15) is 0 Å². The molecule has 4 heteroatoms. The molecule has 0 radical (unpaired) electrons. The van der Waals surface area contributed by atoms with E-state index < -0.39 is 0 Å². The number of aryl methyl sites for hydroxylation is 1. The summed E-state index contributed by atoms with van der Waals surface area (Å²) in [6, 6.07) is 5.91. The van der Waals surface area contributed by atoms with Gasteiger partial charge in [-0.05, 0) is 19.4 Å². The molecule has 102 valence electrons. The second kappa shape index (κ2) is 8.11. The Balaban J connectivity index is 0.00000289. The topological polar surface area (TPSA) is 30.7 Å². The molecule has 0 bridgehead atoms. The Hall–Kier alpha value is -1.06. The molecule has 1 N–H and O–H groups in total. The van der Waals surface area contributed by atoms with Crippen molar-refractivity contribution < 1.29 is 26.8 Å².